The summed E-state index contributed by atoms with van der Waals surface area (Å²) < 4.78 is 32.8. The molecule has 4 aliphatic rings. The molecule has 236 valence electrons. The number of methoxy groups -OCH3 is 1. The van der Waals surface area contributed by atoms with Gasteiger partial charge in [-0.3, -0.25) is 29.6 Å². The van der Waals surface area contributed by atoms with E-state index in [-0.39, 0.29) is 42.6 Å². The Morgan fingerprint density at radius 1 is 1.09 bits per heavy atom. The molecule has 0 spiro atoms. The Morgan fingerprint density at radius 3 is 2.73 bits per heavy atom. The van der Waals surface area contributed by atoms with Gasteiger partial charge >= 0.3 is 0 Å². The maximum absolute atomic E-state index is 15.3. The van der Waals surface area contributed by atoms with Gasteiger partial charge in [0.15, 0.2) is 0 Å². The Morgan fingerprint density at radius 2 is 1.93 bits per heavy atom. The van der Waals surface area contributed by atoms with Crippen molar-refractivity contribution in [2.24, 2.45) is 5.92 Å². The number of carbonyl (C=O) groups excluding carboxylic acids is 3. The lowest BCUT2D eigenvalue weighted by atomic mass is 10.0. The lowest BCUT2D eigenvalue weighted by Crippen LogP contribution is -2.52. The van der Waals surface area contributed by atoms with Gasteiger partial charge in [-0.2, -0.15) is 0 Å². The van der Waals surface area contributed by atoms with Gasteiger partial charge in [0.25, 0.3) is 5.91 Å². The lowest BCUT2D eigenvalue weighted by molar-refractivity contribution is -0.136. The van der Waals surface area contributed by atoms with Crippen molar-refractivity contribution in [3.63, 3.8) is 0 Å². The number of nitrogens with zero attached hydrogens (tertiary/aromatic N) is 4. The van der Waals surface area contributed by atoms with E-state index in [1.54, 1.807) is 31.5 Å². The number of morpholine rings is 1. The van der Waals surface area contributed by atoms with Crippen molar-refractivity contribution in [3.8, 4) is 5.75 Å². The average molecular weight is 618 g/mol. The molecule has 2 aromatic carbocycles. The molecule has 1 N–H and O–H groups in total. The van der Waals surface area contributed by atoms with Crippen LogP contribution >= 0.6 is 0 Å². The number of rotatable bonds is 8. The maximum atomic E-state index is 15.3. The number of piperidine rings is 1. The first-order chi connectivity index (χ1) is 21.9. The number of nitrogens with one attached hydrogen (secondary N) is 1. The summed E-state index contributed by atoms with van der Waals surface area (Å²) in [6, 6.07) is 10.1. The summed E-state index contributed by atoms with van der Waals surface area (Å²) >= 11 is 0. The molecule has 3 amide bonds. The second-order valence-electron chi connectivity index (χ2n) is 12.2. The van der Waals surface area contributed by atoms with Crippen molar-refractivity contribution in [1.29, 1.82) is 0 Å². The first-order valence-corrected chi connectivity index (χ1v) is 15.4. The highest BCUT2D eigenvalue weighted by Gasteiger charge is 2.40. The Labute approximate surface area is 260 Å². The first kappa shape index (κ1) is 29.6. The van der Waals surface area contributed by atoms with Crippen molar-refractivity contribution >= 4 is 34.3 Å². The van der Waals surface area contributed by atoms with Crippen LogP contribution in [0, 0.1) is 11.7 Å². The molecule has 12 heteroatoms. The van der Waals surface area contributed by atoms with Crippen LogP contribution in [-0.4, -0.2) is 97.8 Å². The molecule has 0 saturated carbocycles. The van der Waals surface area contributed by atoms with Crippen molar-refractivity contribution < 1.29 is 33.0 Å². The van der Waals surface area contributed by atoms with Crippen molar-refractivity contribution in [2.45, 2.75) is 38.1 Å². The van der Waals surface area contributed by atoms with E-state index in [9.17, 15) is 14.4 Å². The Balaban J connectivity index is 1.03. The highest BCUT2D eigenvalue weighted by Crippen LogP contribution is 2.33. The number of likely N-dealkylation sites (tertiary alicyclic amines) is 1. The van der Waals surface area contributed by atoms with E-state index in [4.69, 9.17) is 14.2 Å². The zero-order valence-corrected chi connectivity index (χ0v) is 25.2. The molecule has 0 radical (unpaired) electrons. The number of benzene rings is 2. The summed E-state index contributed by atoms with van der Waals surface area (Å²) in [6.45, 7) is 5.50. The van der Waals surface area contributed by atoms with Gasteiger partial charge in [0, 0.05) is 69.7 Å². The minimum atomic E-state index is -0.664. The van der Waals surface area contributed by atoms with Crippen molar-refractivity contribution in [3.05, 3.63) is 65.1 Å². The monoisotopic (exact) mass is 617 g/mol. The smallest absolute Gasteiger partial charge is 0.255 e. The number of anilines is 1. The van der Waals surface area contributed by atoms with Gasteiger partial charge < -0.3 is 24.0 Å². The number of pyridine rings is 1. The highest BCUT2D eigenvalue weighted by atomic mass is 19.1. The van der Waals surface area contributed by atoms with Gasteiger partial charge in [0.1, 0.15) is 23.7 Å². The van der Waals surface area contributed by atoms with Crippen LogP contribution in [0.25, 0.3) is 10.9 Å². The van der Waals surface area contributed by atoms with Crippen LogP contribution in [0.3, 0.4) is 0 Å². The Hall–Kier alpha value is -4.13. The maximum Gasteiger partial charge on any atom is 0.255 e. The molecule has 3 aromatic rings. The number of fused-ring (bicyclic) bond motifs is 2. The summed E-state index contributed by atoms with van der Waals surface area (Å²) in [5.41, 5.74) is 3.70. The van der Waals surface area contributed by atoms with Gasteiger partial charge in [0.2, 0.25) is 11.8 Å². The van der Waals surface area contributed by atoms with Gasteiger partial charge in [0.05, 0.1) is 37.2 Å². The fraction of sp³-hybridized carbons (Fsp3) is 0.455. The Bertz CT molecular complexity index is 1650. The molecule has 7 rings (SSSR count). The molecule has 4 aliphatic heterocycles. The van der Waals surface area contributed by atoms with Crippen LogP contribution < -0.4 is 15.0 Å². The number of hydrogen-bond donors (Lipinski definition) is 1. The predicted molar refractivity (Wildman–Crippen MR) is 162 cm³/mol. The first-order valence-electron chi connectivity index (χ1n) is 15.4. The quantitative estimate of drug-likeness (QED) is 0.381. The fourth-order valence-electron chi connectivity index (χ4n) is 6.94. The molecular weight excluding hydrogens is 581 g/mol. The third-order valence-corrected chi connectivity index (χ3v) is 9.20. The predicted octanol–water partition coefficient (Wildman–Crippen LogP) is 2.50. The summed E-state index contributed by atoms with van der Waals surface area (Å²) in [5.74, 6) is -0.527. The van der Waals surface area contributed by atoms with Gasteiger partial charge in [-0.25, -0.2) is 4.39 Å². The largest absolute Gasteiger partial charge is 0.489 e. The summed E-state index contributed by atoms with van der Waals surface area (Å²) in [5, 5.41) is 2.84. The normalized spacial score (nSPS) is 24.0. The fourth-order valence-corrected chi connectivity index (χ4v) is 6.94. The van der Waals surface area contributed by atoms with E-state index < -0.39 is 11.9 Å². The number of carbonyl (C=O) groups is 3. The zero-order valence-electron chi connectivity index (χ0n) is 25.2. The van der Waals surface area contributed by atoms with E-state index in [2.05, 4.69) is 20.1 Å². The minimum absolute atomic E-state index is 0.0874. The number of aromatic nitrogens is 1. The standard InChI is InChI=1S/C33H36FN5O6/c1-43-19-22-16-37(15-20-10-27(34)26-13-23(14-35-28(26)11-20)38-6-8-44-9-7-38)18-30(22)45-24-2-3-25-21(12-24)17-39(33(25)42)29-4-5-31(40)36-32(29)41/h2-3,10-14,22,29-30H,4-9,15-19H2,1H3,(H,36,40,41)/t22-,29-,30+/m0/s1. The Kier molecular flexibility index (Phi) is 8.11. The number of halogens is 1. The number of amides is 3. The van der Waals surface area contributed by atoms with Crippen LogP contribution in [0.5, 0.6) is 5.75 Å². The average Bonchev–Trinajstić information content (AvgIpc) is 3.56. The summed E-state index contributed by atoms with van der Waals surface area (Å²) in [6.07, 6.45) is 2.16. The number of ether oxygens (including phenoxy) is 3. The molecule has 3 saturated heterocycles. The van der Waals surface area contributed by atoms with E-state index >= 15 is 4.39 Å². The molecule has 3 atom stereocenters. The van der Waals surface area contributed by atoms with E-state index in [0.717, 1.165) is 29.9 Å². The zero-order chi connectivity index (χ0) is 31.1. The van der Waals surface area contributed by atoms with Crippen LogP contribution in [0.2, 0.25) is 0 Å². The highest BCUT2D eigenvalue weighted by molar-refractivity contribution is 6.05. The minimum Gasteiger partial charge on any atom is -0.489 e. The molecule has 5 heterocycles. The second-order valence-corrected chi connectivity index (χ2v) is 12.2. The molecular formula is C33H36FN5O6. The van der Waals surface area contributed by atoms with Crippen molar-refractivity contribution in [1.82, 2.24) is 20.1 Å². The lowest BCUT2D eigenvalue weighted by Gasteiger charge is -2.29. The molecule has 0 aliphatic carbocycles. The molecule has 11 nitrogen and oxygen atoms in total. The summed E-state index contributed by atoms with van der Waals surface area (Å²) in [7, 11) is 1.67. The molecule has 0 unspecified atom stereocenters. The molecule has 3 fully saturated rings. The van der Waals surface area contributed by atoms with Crippen LogP contribution in [0.1, 0.15) is 34.3 Å². The summed E-state index contributed by atoms with van der Waals surface area (Å²) in [4.78, 5) is 47.6. The van der Waals surface area contributed by atoms with E-state index in [0.29, 0.717) is 68.1 Å². The van der Waals surface area contributed by atoms with Crippen LogP contribution in [0.4, 0.5) is 10.1 Å². The second kappa shape index (κ2) is 12.3. The van der Waals surface area contributed by atoms with Gasteiger partial charge in [-0.1, -0.05) is 0 Å². The van der Waals surface area contributed by atoms with Crippen LogP contribution in [-0.2, 0) is 32.2 Å². The van der Waals surface area contributed by atoms with Crippen molar-refractivity contribution in [2.75, 3.05) is 58.0 Å². The van der Waals surface area contributed by atoms with E-state index in [1.165, 1.54) is 4.90 Å². The topological polar surface area (TPSA) is 114 Å². The van der Waals surface area contributed by atoms with E-state index in [1.807, 2.05) is 18.2 Å². The third kappa shape index (κ3) is 5.97. The molecule has 1 aromatic heterocycles. The third-order valence-electron chi connectivity index (χ3n) is 9.20. The molecule has 0 bridgehead atoms. The van der Waals surface area contributed by atoms with Gasteiger partial charge in [-0.15, -0.1) is 0 Å². The molecule has 45 heavy (non-hydrogen) atoms. The number of hydrogen-bond acceptors (Lipinski definition) is 9. The van der Waals surface area contributed by atoms with Gasteiger partial charge in [-0.05, 0) is 53.9 Å². The van der Waals surface area contributed by atoms with Crippen LogP contribution in [0.15, 0.2) is 42.6 Å². The SMILES string of the molecule is COC[C@@H]1CN(Cc2cc(F)c3cc(N4CCOCC4)cnc3c2)C[C@H]1Oc1ccc2c(c1)CN([C@H]1CCC(=O)NC1=O)C2=O. The number of imide groups is 1.